The number of hydrogen-bond acceptors (Lipinski definition) is 5. The van der Waals surface area contributed by atoms with Crippen molar-refractivity contribution in [1.82, 2.24) is 4.98 Å². The maximum Gasteiger partial charge on any atom is 0.188 e. The topological polar surface area (TPSA) is 80.7 Å². The lowest BCUT2D eigenvalue weighted by Gasteiger charge is -2.06. The van der Waals surface area contributed by atoms with Gasteiger partial charge in [-0.1, -0.05) is 11.2 Å². The van der Waals surface area contributed by atoms with E-state index < -0.39 is 0 Å². The van der Waals surface area contributed by atoms with Gasteiger partial charge in [0.1, 0.15) is 11.4 Å². The molecule has 2 aromatic rings. The van der Waals surface area contributed by atoms with Gasteiger partial charge in [0.15, 0.2) is 5.84 Å². The van der Waals surface area contributed by atoms with E-state index in [-0.39, 0.29) is 5.84 Å². The van der Waals surface area contributed by atoms with Crippen molar-refractivity contribution in [2.45, 2.75) is 6.42 Å². The third kappa shape index (κ3) is 3.21. The molecule has 2 aromatic heterocycles. The predicted octanol–water partition coefficient (Wildman–Crippen LogP) is 1.86. The number of aromatic nitrogens is 1. The zero-order chi connectivity index (χ0) is 12.8. The Morgan fingerprint density at radius 3 is 3.11 bits per heavy atom. The molecule has 0 radical (unpaired) electrons. The zero-order valence-corrected chi connectivity index (χ0v) is 10.4. The molecule has 0 saturated carbocycles. The maximum atomic E-state index is 8.56. The van der Waals surface area contributed by atoms with Gasteiger partial charge < -0.3 is 15.7 Å². The highest BCUT2D eigenvalue weighted by Gasteiger charge is 2.03. The van der Waals surface area contributed by atoms with Crippen LogP contribution in [0.1, 0.15) is 10.6 Å². The van der Waals surface area contributed by atoms with Crippen molar-refractivity contribution in [3.8, 4) is 5.75 Å². The van der Waals surface area contributed by atoms with Crippen LogP contribution >= 0.6 is 11.3 Å². The molecule has 94 valence electrons. The molecule has 0 aromatic carbocycles. The van der Waals surface area contributed by atoms with Crippen molar-refractivity contribution in [3.05, 3.63) is 46.4 Å². The van der Waals surface area contributed by atoms with Crippen molar-refractivity contribution in [2.75, 3.05) is 6.61 Å². The van der Waals surface area contributed by atoms with Crippen LogP contribution in [0.4, 0.5) is 0 Å². The number of nitrogens with two attached hydrogens (primary N) is 1. The summed E-state index contributed by atoms with van der Waals surface area (Å²) in [6.45, 7) is 0.583. The molecule has 3 N–H and O–H groups in total. The zero-order valence-electron chi connectivity index (χ0n) is 9.61. The smallest absolute Gasteiger partial charge is 0.188 e. The highest BCUT2D eigenvalue weighted by molar-refractivity contribution is 7.09. The van der Waals surface area contributed by atoms with Crippen molar-refractivity contribution in [1.29, 1.82) is 0 Å². The quantitative estimate of drug-likeness (QED) is 0.373. The first kappa shape index (κ1) is 12.4. The van der Waals surface area contributed by atoms with Gasteiger partial charge in [0.05, 0.1) is 6.61 Å². The molecule has 0 spiro atoms. The normalized spacial score (nSPS) is 11.4. The molecule has 0 aliphatic rings. The van der Waals surface area contributed by atoms with Crippen LogP contribution in [0.25, 0.3) is 0 Å². The van der Waals surface area contributed by atoms with Crippen molar-refractivity contribution < 1.29 is 9.94 Å². The molecule has 0 saturated heterocycles. The van der Waals surface area contributed by atoms with E-state index in [0.29, 0.717) is 18.1 Å². The first-order chi connectivity index (χ1) is 8.79. The van der Waals surface area contributed by atoms with Crippen LogP contribution in [-0.2, 0) is 6.42 Å². The first-order valence-corrected chi connectivity index (χ1v) is 6.26. The van der Waals surface area contributed by atoms with E-state index in [1.165, 1.54) is 4.88 Å². The second-order valence-electron chi connectivity index (χ2n) is 3.54. The molecule has 2 heterocycles. The number of hydrogen-bond donors (Lipinski definition) is 2. The largest absolute Gasteiger partial charge is 0.493 e. The van der Waals surface area contributed by atoms with E-state index in [2.05, 4.69) is 16.2 Å². The number of nitrogens with zero attached hydrogens (tertiary/aromatic N) is 2. The summed E-state index contributed by atoms with van der Waals surface area (Å²) in [5.41, 5.74) is 5.85. The van der Waals surface area contributed by atoms with E-state index in [1.807, 2.05) is 11.4 Å². The summed E-state index contributed by atoms with van der Waals surface area (Å²) in [5.74, 6) is 0.627. The van der Waals surface area contributed by atoms with Gasteiger partial charge in [0, 0.05) is 23.6 Å². The number of oxime groups is 1. The third-order valence-corrected chi connectivity index (χ3v) is 3.24. The van der Waals surface area contributed by atoms with E-state index in [0.717, 1.165) is 6.42 Å². The second kappa shape index (κ2) is 6.02. The predicted molar refractivity (Wildman–Crippen MR) is 70.3 cm³/mol. The summed E-state index contributed by atoms with van der Waals surface area (Å²) in [5, 5.41) is 13.5. The van der Waals surface area contributed by atoms with Gasteiger partial charge in [-0.25, -0.2) is 0 Å². The summed E-state index contributed by atoms with van der Waals surface area (Å²) >= 11 is 1.71. The number of pyridine rings is 1. The molecule has 0 atom stereocenters. The Hall–Kier alpha value is -2.08. The van der Waals surface area contributed by atoms with E-state index in [4.69, 9.17) is 15.7 Å². The van der Waals surface area contributed by atoms with Gasteiger partial charge in [-0.3, -0.25) is 4.98 Å². The minimum atomic E-state index is -0.0290. The summed E-state index contributed by atoms with van der Waals surface area (Å²) in [7, 11) is 0. The van der Waals surface area contributed by atoms with E-state index in [9.17, 15) is 0 Å². The number of thiophene rings is 1. The van der Waals surface area contributed by atoms with Gasteiger partial charge in [-0.15, -0.1) is 11.3 Å². The van der Waals surface area contributed by atoms with Crippen LogP contribution in [-0.4, -0.2) is 22.6 Å². The molecule has 5 nitrogen and oxygen atoms in total. The van der Waals surface area contributed by atoms with Crippen LogP contribution < -0.4 is 10.5 Å². The molecule has 0 aliphatic heterocycles. The van der Waals surface area contributed by atoms with E-state index >= 15 is 0 Å². The van der Waals surface area contributed by atoms with Crippen molar-refractivity contribution in [2.24, 2.45) is 10.9 Å². The van der Waals surface area contributed by atoms with E-state index in [1.54, 1.807) is 29.7 Å². The summed E-state index contributed by atoms with van der Waals surface area (Å²) in [4.78, 5) is 5.25. The second-order valence-corrected chi connectivity index (χ2v) is 4.57. The Kier molecular flexibility index (Phi) is 4.14. The molecular weight excluding hydrogens is 250 g/mol. The number of ether oxygens (including phenoxy) is 1. The van der Waals surface area contributed by atoms with Crippen LogP contribution in [0.2, 0.25) is 0 Å². The first-order valence-electron chi connectivity index (χ1n) is 5.38. The van der Waals surface area contributed by atoms with Gasteiger partial charge >= 0.3 is 0 Å². The third-order valence-electron chi connectivity index (χ3n) is 2.30. The van der Waals surface area contributed by atoms with Gasteiger partial charge in [0.25, 0.3) is 0 Å². The minimum Gasteiger partial charge on any atom is -0.493 e. The summed E-state index contributed by atoms with van der Waals surface area (Å²) in [6, 6.07) is 7.47. The molecule has 0 bridgehead atoms. The lowest BCUT2D eigenvalue weighted by Crippen LogP contribution is -2.15. The van der Waals surface area contributed by atoms with Gasteiger partial charge in [0.2, 0.25) is 0 Å². The van der Waals surface area contributed by atoms with Crippen LogP contribution in [0, 0.1) is 0 Å². The average molecular weight is 263 g/mol. The fourth-order valence-corrected chi connectivity index (χ4v) is 2.11. The van der Waals surface area contributed by atoms with Crippen molar-refractivity contribution in [3.63, 3.8) is 0 Å². The fraction of sp³-hybridized carbons (Fsp3) is 0.167. The lowest BCUT2D eigenvalue weighted by atomic mass is 10.3. The fourth-order valence-electron chi connectivity index (χ4n) is 1.42. The monoisotopic (exact) mass is 263 g/mol. The Labute approximate surface area is 109 Å². The average Bonchev–Trinajstić information content (AvgIpc) is 2.91. The summed E-state index contributed by atoms with van der Waals surface area (Å²) in [6.07, 6.45) is 2.42. The molecule has 0 aliphatic carbocycles. The van der Waals surface area contributed by atoms with Crippen LogP contribution in [0.5, 0.6) is 5.75 Å². The van der Waals surface area contributed by atoms with Crippen molar-refractivity contribution >= 4 is 17.2 Å². The lowest BCUT2D eigenvalue weighted by molar-refractivity contribution is 0.317. The molecule has 2 rings (SSSR count). The molecular formula is C12H13N3O2S. The molecule has 6 heteroatoms. The number of rotatable bonds is 5. The van der Waals surface area contributed by atoms with Gasteiger partial charge in [-0.05, 0) is 17.5 Å². The van der Waals surface area contributed by atoms with Crippen LogP contribution in [0.3, 0.4) is 0 Å². The maximum absolute atomic E-state index is 8.56. The Bertz CT molecular complexity index is 526. The van der Waals surface area contributed by atoms with Crippen LogP contribution in [0.15, 0.2) is 41.0 Å². The molecule has 0 amide bonds. The Balaban J connectivity index is 1.93. The van der Waals surface area contributed by atoms with Gasteiger partial charge in [-0.2, -0.15) is 0 Å². The summed E-state index contributed by atoms with van der Waals surface area (Å²) < 4.78 is 5.59. The Morgan fingerprint density at radius 2 is 2.39 bits per heavy atom. The molecule has 18 heavy (non-hydrogen) atoms. The minimum absolute atomic E-state index is 0.0290. The molecule has 0 unspecified atom stereocenters. The Morgan fingerprint density at radius 1 is 1.50 bits per heavy atom. The highest BCUT2D eigenvalue weighted by atomic mass is 32.1. The highest BCUT2D eigenvalue weighted by Crippen LogP contribution is 2.13. The SMILES string of the molecule is NC(=NO)c1cc(OCCc2cccs2)ccn1. The standard InChI is InChI=1S/C12H13N3O2S/c13-12(15-16)11-8-9(3-5-14-11)17-6-4-10-2-1-7-18-10/h1-3,5,7-8,16H,4,6H2,(H2,13,15). The molecule has 0 fully saturated rings. The number of amidine groups is 1.